The van der Waals surface area contributed by atoms with Crippen molar-refractivity contribution in [2.24, 2.45) is 0 Å². The van der Waals surface area contributed by atoms with Gasteiger partial charge in [-0.1, -0.05) is 24.3 Å². The largest absolute Gasteiger partial charge is 0.461 e. The molecule has 0 spiro atoms. The lowest BCUT2D eigenvalue weighted by Crippen LogP contribution is -2.35. The highest BCUT2D eigenvalue weighted by Gasteiger charge is 2.18. The quantitative estimate of drug-likeness (QED) is 0.224. The minimum atomic E-state index is -4.28. The van der Waals surface area contributed by atoms with Crippen LogP contribution in [0.2, 0.25) is 0 Å². The van der Waals surface area contributed by atoms with Crippen molar-refractivity contribution >= 4 is 34.0 Å². The van der Waals surface area contributed by atoms with Gasteiger partial charge >= 0.3 is 23.9 Å². The molecule has 12 nitrogen and oxygen atoms in total. The van der Waals surface area contributed by atoms with Crippen molar-refractivity contribution in [1.82, 2.24) is 4.90 Å². The molecule has 0 aliphatic rings. The molecule has 0 aromatic heterocycles. The van der Waals surface area contributed by atoms with Crippen LogP contribution in [0.1, 0.15) is 34.6 Å². The normalized spacial score (nSPS) is 11.0. The van der Waals surface area contributed by atoms with Crippen LogP contribution in [-0.2, 0) is 29.2 Å². The first-order valence-electron chi connectivity index (χ1n) is 11.0. The summed E-state index contributed by atoms with van der Waals surface area (Å²) in [4.78, 5) is 48.9. The van der Waals surface area contributed by atoms with Gasteiger partial charge in [0, 0.05) is 33.5 Å². The van der Waals surface area contributed by atoms with Gasteiger partial charge in [0.15, 0.2) is 0 Å². The molecule has 2 aromatic carbocycles. The Kier molecular flexibility index (Phi) is 11.2. The highest BCUT2D eigenvalue weighted by molar-refractivity contribution is 7.85. The smallest absolute Gasteiger partial charge is 0.341 e. The molecule has 2 rings (SSSR count). The zero-order valence-electron chi connectivity index (χ0n) is 20.2. The molecule has 0 bridgehead atoms. The van der Waals surface area contributed by atoms with Crippen LogP contribution in [-0.4, -0.2) is 80.3 Å². The third-order valence-corrected chi connectivity index (χ3v) is 5.37. The van der Waals surface area contributed by atoms with Crippen molar-refractivity contribution in [3.05, 3.63) is 59.7 Å². The maximum absolute atomic E-state index is 12.4. The minimum absolute atomic E-state index is 0.0301. The fourth-order valence-electron chi connectivity index (χ4n) is 3.03. The Morgan fingerprint density at radius 2 is 1.14 bits per heavy atom. The van der Waals surface area contributed by atoms with E-state index in [2.05, 4.69) is 0 Å². The van der Waals surface area contributed by atoms with E-state index < -0.39 is 39.7 Å². The third-order valence-electron chi connectivity index (χ3n) is 4.67. The summed E-state index contributed by atoms with van der Waals surface area (Å²) in [6.45, 7) is 1.97. The molecule has 13 heteroatoms. The van der Waals surface area contributed by atoms with Crippen LogP contribution in [0.15, 0.2) is 48.5 Å². The highest BCUT2D eigenvalue weighted by atomic mass is 32.2. The minimum Gasteiger partial charge on any atom is -0.461 e. The van der Waals surface area contributed by atoms with Gasteiger partial charge in [-0.25, -0.2) is 9.59 Å². The van der Waals surface area contributed by atoms with E-state index in [-0.39, 0.29) is 55.5 Å². The molecule has 2 aromatic rings. The zero-order chi connectivity index (χ0) is 27.4. The maximum Gasteiger partial charge on any atom is 0.341 e. The van der Waals surface area contributed by atoms with E-state index in [0.29, 0.717) is 0 Å². The molecule has 0 aliphatic carbocycles. The molecule has 0 unspecified atom stereocenters. The number of nitrogens with zero attached hydrogens (tertiary/aromatic N) is 1. The second-order valence-electron chi connectivity index (χ2n) is 7.58. The van der Waals surface area contributed by atoms with Crippen molar-refractivity contribution in [2.75, 3.05) is 38.6 Å². The molecule has 0 saturated heterocycles. The molecule has 0 atom stereocenters. The molecule has 0 radical (unpaired) electrons. The predicted octanol–water partition coefficient (Wildman–Crippen LogP) is 1.74. The Labute approximate surface area is 213 Å². The summed E-state index contributed by atoms with van der Waals surface area (Å²) in [6.07, 6.45) is 0. The highest BCUT2D eigenvalue weighted by Crippen LogP contribution is 2.20. The molecule has 200 valence electrons. The first-order chi connectivity index (χ1) is 17.5. The van der Waals surface area contributed by atoms with E-state index in [1.54, 1.807) is 24.3 Å². The standard InChI is InChI=1S/C24H27NO11S/c1-17(26)35-21-9-5-3-7-19(21)23(28)33-14-11-25(13-16-37(30,31)32)12-15-34-24(29)20-8-4-6-10-22(20)36-18(2)27/h3-10H,11-16H2,1-2H3,(H,30,31,32). The fraction of sp³-hybridized carbons (Fsp3) is 0.333. The number of benzene rings is 2. The van der Waals surface area contributed by atoms with Gasteiger partial charge < -0.3 is 18.9 Å². The molecule has 0 saturated carbocycles. The van der Waals surface area contributed by atoms with Crippen molar-refractivity contribution in [3.8, 4) is 11.5 Å². The van der Waals surface area contributed by atoms with Crippen LogP contribution < -0.4 is 9.47 Å². The molecule has 0 aliphatic heterocycles. The first-order valence-corrected chi connectivity index (χ1v) is 12.6. The number of para-hydroxylation sites is 2. The van der Waals surface area contributed by atoms with E-state index in [0.717, 1.165) is 0 Å². The van der Waals surface area contributed by atoms with Crippen LogP contribution in [0.3, 0.4) is 0 Å². The Morgan fingerprint density at radius 1 is 0.730 bits per heavy atom. The Bertz CT molecular complexity index is 1150. The number of hydrogen-bond donors (Lipinski definition) is 1. The summed E-state index contributed by atoms with van der Waals surface area (Å²) in [6, 6.07) is 12.0. The van der Waals surface area contributed by atoms with Crippen molar-refractivity contribution in [2.45, 2.75) is 13.8 Å². The first kappa shape index (κ1) is 29.4. The summed E-state index contributed by atoms with van der Waals surface area (Å²) in [5.74, 6) is -3.28. The number of rotatable bonds is 13. The second-order valence-corrected chi connectivity index (χ2v) is 9.15. The van der Waals surface area contributed by atoms with Gasteiger partial charge in [-0.15, -0.1) is 0 Å². The van der Waals surface area contributed by atoms with E-state index in [1.165, 1.54) is 43.0 Å². The summed E-state index contributed by atoms with van der Waals surface area (Å²) in [5.41, 5.74) is 0.0603. The molecular weight excluding hydrogens is 510 g/mol. The Hall–Kier alpha value is -3.81. The van der Waals surface area contributed by atoms with Gasteiger partial charge in [0.25, 0.3) is 10.1 Å². The summed E-state index contributed by atoms with van der Waals surface area (Å²) in [5, 5.41) is 0. The number of carbonyl (C=O) groups excluding carboxylic acids is 4. The average Bonchev–Trinajstić information content (AvgIpc) is 2.81. The number of esters is 4. The van der Waals surface area contributed by atoms with Crippen molar-refractivity contribution in [1.29, 1.82) is 0 Å². The topological polar surface area (TPSA) is 163 Å². The number of ether oxygens (including phenoxy) is 4. The molecule has 0 heterocycles. The average molecular weight is 538 g/mol. The molecule has 0 fully saturated rings. The van der Waals surface area contributed by atoms with E-state index >= 15 is 0 Å². The second kappa shape index (κ2) is 14.1. The van der Waals surface area contributed by atoms with Gasteiger partial charge in [-0.2, -0.15) is 8.42 Å². The Balaban J connectivity index is 1.96. The zero-order valence-corrected chi connectivity index (χ0v) is 21.1. The van der Waals surface area contributed by atoms with Crippen molar-refractivity contribution < 1.29 is 51.1 Å². The van der Waals surface area contributed by atoms with E-state index in [9.17, 15) is 27.6 Å². The SMILES string of the molecule is CC(=O)Oc1ccccc1C(=O)OCCN(CCOC(=O)c1ccccc1OC(C)=O)CCS(=O)(=O)O. The van der Waals surface area contributed by atoms with Crippen LogP contribution in [0.5, 0.6) is 11.5 Å². The number of carbonyl (C=O) groups is 4. The fourth-order valence-corrected chi connectivity index (χ4v) is 3.52. The lowest BCUT2D eigenvalue weighted by Gasteiger charge is -2.21. The van der Waals surface area contributed by atoms with Gasteiger partial charge in [-0.05, 0) is 24.3 Å². The van der Waals surface area contributed by atoms with Crippen molar-refractivity contribution in [3.63, 3.8) is 0 Å². The summed E-state index contributed by atoms with van der Waals surface area (Å²) >= 11 is 0. The molecule has 37 heavy (non-hydrogen) atoms. The molecule has 1 N–H and O–H groups in total. The van der Waals surface area contributed by atoms with E-state index in [4.69, 9.17) is 23.5 Å². The van der Waals surface area contributed by atoms with E-state index in [1.807, 2.05) is 0 Å². The molecule has 0 amide bonds. The summed E-state index contributed by atoms with van der Waals surface area (Å²) in [7, 11) is -4.28. The van der Waals surface area contributed by atoms with Gasteiger partial charge in [0.1, 0.15) is 35.8 Å². The lowest BCUT2D eigenvalue weighted by atomic mass is 10.2. The third kappa shape index (κ3) is 10.8. The van der Waals surface area contributed by atoms with Gasteiger partial charge in [0.05, 0.1) is 5.75 Å². The molecular formula is C24H27NO11S. The van der Waals surface area contributed by atoms with Gasteiger partial charge in [-0.3, -0.25) is 19.0 Å². The maximum atomic E-state index is 12.4. The monoisotopic (exact) mass is 537 g/mol. The van der Waals surface area contributed by atoms with Crippen LogP contribution in [0.25, 0.3) is 0 Å². The van der Waals surface area contributed by atoms with Crippen LogP contribution >= 0.6 is 0 Å². The van der Waals surface area contributed by atoms with Crippen LogP contribution in [0, 0.1) is 0 Å². The predicted molar refractivity (Wildman–Crippen MR) is 129 cm³/mol. The number of hydrogen-bond acceptors (Lipinski definition) is 11. The summed E-state index contributed by atoms with van der Waals surface area (Å²) < 4.78 is 51.9. The lowest BCUT2D eigenvalue weighted by molar-refractivity contribution is -0.132. The van der Waals surface area contributed by atoms with Crippen LogP contribution in [0.4, 0.5) is 0 Å². The van der Waals surface area contributed by atoms with Gasteiger partial charge in [0.2, 0.25) is 0 Å². The Morgan fingerprint density at radius 3 is 1.51 bits per heavy atom.